The Hall–Kier alpha value is -0.930. The lowest BCUT2D eigenvalue weighted by Crippen LogP contribution is -2.06. The van der Waals surface area contributed by atoms with Crippen LogP contribution in [0.3, 0.4) is 0 Å². The summed E-state index contributed by atoms with van der Waals surface area (Å²) in [4.78, 5) is 0. The minimum absolute atomic E-state index is 0.375. The van der Waals surface area contributed by atoms with Crippen molar-refractivity contribution in [2.75, 3.05) is 19.8 Å². The van der Waals surface area contributed by atoms with Crippen molar-refractivity contribution in [2.24, 2.45) is 5.73 Å². The van der Waals surface area contributed by atoms with E-state index in [-0.39, 0.29) is 0 Å². The molecule has 1 heterocycles. The van der Waals surface area contributed by atoms with Gasteiger partial charge in [0.2, 0.25) is 0 Å². The third kappa shape index (κ3) is 3.15. The predicted molar refractivity (Wildman–Crippen MR) is 78.5 cm³/mol. The van der Waals surface area contributed by atoms with E-state index >= 15 is 0 Å². The molecular formula is C15H22ClNO2. The van der Waals surface area contributed by atoms with Gasteiger partial charge in [0.1, 0.15) is 0 Å². The van der Waals surface area contributed by atoms with Gasteiger partial charge < -0.3 is 15.2 Å². The second-order valence-corrected chi connectivity index (χ2v) is 5.59. The molecular weight excluding hydrogens is 262 g/mol. The van der Waals surface area contributed by atoms with Crippen molar-refractivity contribution in [1.29, 1.82) is 0 Å². The molecule has 4 heteroatoms. The monoisotopic (exact) mass is 283 g/mol. The lowest BCUT2D eigenvalue weighted by molar-refractivity contribution is 0.295. The molecule has 1 aliphatic heterocycles. The molecule has 0 amide bonds. The number of fused-ring (bicyclic) bond motifs is 1. The number of hydrogen-bond acceptors (Lipinski definition) is 3. The molecule has 1 aromatic carbocycles. The molecule has 0 aliphatic carbocycles. The van der Waals surface area contributed by atoms with Crippen LogP contribution in [0.5, 0.6) is 11.5 Å². The Morgan fingerprint density at radius 1 is 1.26 bits per heavy atom. The molecule has 0 atom stereocenters. The van der Waals surface area contributed by atoms with Crippen LogP contribution in [-0.2, 0) is 6.42 Å². The quantitative estimate of drug-likeness (QED) is 0.919. The summed E-state index contributed by atoms with van der Waals surface area (Å²) in [6.07, 6.45) is 2.77. The van der Waals surface area contributed by atoms with Gasteiger partial charge in [0.25, 0.3) is 0 Å². The summed E-state index contributed by atoms with van der Waals surface area (Å²) in [6.45, 7) is 6.37. The molecule has 106 valence electrons. The van der Waals surface area contributed by atoms with Crippen LogP contribution in [-0.4, -0.2) is 19.8 Å². The van der Waals surface area contributed by atoms with E-state index < -0.39 is 0 Å². The van der Waals surface area contributed by atoms with Crippen LogP contribution in [0, 0.1) is 0 Å². The minimum Gasteiger partial charge on any atom is -0.489 e. The third-order valence-corrected chi connectivity index (χ3v) is 3.60. The Kier molecular flexibility index (Phi) is 4.94. The van der Waals surface area contributed by atoms with Crippen LogP contribution < -0.4 is 15.2 Å². The van der Waals surface area contributed by atoms with Crippen molar-refractivity contribution in [2.45, 2.75) is 39.0 Å². The van der Waals surface area contributed by atoms with Gasteiger partial charge >= 0.3 is 0 Å². The summed E-state index contributed by atoms with van der Waals surface area (Å²) in [5.74, 6) is 1.92. The number of halogens is 1. The fourth-order valence-electron chi connectivity index (χ4n) is 2.49. The minimum atomic E-state index is 0.375. The second kappa shape index (κ2) is 6.49. The van der Waals surface area contributed by atoms with Gasteiger partial charge in [-0.05, 0) is 36.9 Å². The van der Waals surface area contributed by atoms with Crippen LogP contribution in [0.4, 0.5) is 0 Å². The van der Waals surface area contributed by atoms with Crippen LogP contribution in [0.15, 0.2) is 6.07 Å². The van der Waals surface area contributed by atoms with Crippen molar-refractivity contribution < 1.29 is 9.47 Å². The highest BCUT2D eigenvalue weighted by Crippen LogP contribution is 2.44. The number of hydrogen-bond donors (Lipinski definition) is 1. The molecule has 0 fully saturated rings. The summed E-state index contributed by atoms with van der Waals surface area (Å²) >= 11 is 6.34. The molecule has 0 saturated heterocycles. The lowest BCUT2D eigenvalue weighted by Gasteiger charge is -2.20. The highest BCUT2D eigenvalue weighted by Gasteiger charge is 2.23. The molecule has 0 radical (unpaired) electrons. The molecule has 0 spiro atoms. The van der Waals surface area contributed by atoms with Crippen LogP contribution in [0.25, 0.3) is 0 Å². The molecule has 2 N–H and O–H groups in total. The highest BCUT2D eigenvalue weighted by molar-refractivity contribution is 6.32. The van der Waals surface area contributed by atoms with E-state index in [0.717, 1.165) is 25.0 Å². The number of ether oxygens (including phenoxy) is 2. The standard InChI is InChI=1S/C15H22ClNO2/c1-10(2)13-11(5-3-6-17)9-12(16)14-15(13)19-8-4-7-18-14/h9-10H,3-8,17H2,1-2H3. The van der Waals surface area contributed by atoms with Gasteiger partial charge in [-0.15, -0.1) is 0 Å². The average Bonchev–Trinajstić information content (AvgIpc) is 2.61. The first kappa shape index (κ1) is 14.5. The maximum Gasteiger partial charge on any atom is 0.180 e. The molecule has 0 bridgehead atoms. The van der Waals surface area contributed by atoms with Gasteiger partial charge in [-0.25, -0.2) is 0 Å². The Bertz CT molecular complexity index is 446. The Morgan fingerprint density at radius 2 is 1.95 bits per heavy atom. The topological polar surface area (TPSA) is 44.5 Å². The Labute approximate surface area is 120 Å². The van der Waals surface area contributed by atoms with Gasteiger partial charge in [0.15, 0.2) is 11.5 Å². The van der Waals surface area contributed by atoms with E-state index in [9.17, 15) is 0 Å². The van der Waals surface area contributed by atoms with E-state index in [1.54, 1.807) is 0 Å². The molecule has 1 aliphatic rings. The second-order valence-electron chi connectivity index (χ2n) is 5.19. The predicted octanol–water partition coefficient (Wildman–Crippen LogP) is 3.52. The lowest BCUT2D eigenvalue weighted by atomic mass is 9.93. The normalized spacial score (nSPS) is 14.6. The first-order chi connectivity index (χ1) is 9.15. The smallest absolute Gasteiger partial charge is 0.180 e. The van der Waals surface area contributed by atoms with Gasteiger partial charge in [-0.2, -0.15) is 0 Å². The zero-order valence-corrected chi connectivity index (χ0v) is 12.4. The molecule has 1 aromatic rings. The summed E-state index contributed by atoms with van der Waals surface area (Å²) in [6, 6.07) is 2.01. The summed E-state index contributed by atoms with van der Waals surface area (Å²) in [5.41, 5.74) is 8.06. The number of aryl methyl sites for hydroxylation is 1. The van der Waals surface area contributed by atoms with E-state index in [4.69, 9.17) is 26.8 Å². The fraction of sp³-hybridized carbons (Fsp3) is 0.600. The molecule has 3 nitrogen and oxygen atoms in total. The molecule has 2 rings (SSSR count). The van der Waals surface area contributed by atoms with Crippen molar-refractivity contribution in [1.82, 2.24) is 0 Å². The maximum absolute atomic E-state index is 6.34. The number of benzene rings is 1. The number of nitrogens with two attached hydrogens (primary N) is 1. The van der Waals surface area contributed by atoms with Crippen LogP contribution in [0.2, 0.25) is 5.02 Å². The van der Waals surface area contributed by atoms with Crippen molar-refractivity contribution >= 4 is 11.6 Å². The SMILES string of the molecule is CC(C)c1c(CCCN)cc(Cl)c2c1OCCCO2. The first-order valence-corrected chi connectivity index (χ1v) is 7.34. The Balaban J connectivity index is 2.50. The molecule has 0 unspecified atom stereocenters. The van der Waals surface area contributed by atoms with Gasteiger partial charge in [-0.3, -0.25) is 0 Å². The van der Waals surface area contributed by atoms with Crippen LogP contribution in [0.1, 0.15) is 43.7 Å². The van der Waals surface area contributed by atoms with Crippen LogP contribution >= 0.6 is 11.6 Å². The van der Waals surface area contributed by atoms with Crippen molar-refractivity contribution in [3.63, 3.8) is 0 Å². The van der Waals surface area contributed by atoms with Gasteiger partial charge in [-0.1, -0.05) is 25.4 Å². The number of rotatable bonds is 4. The van der Waals surface area contributed by atoms with E-state index in [0.29, 0.717) is 36.4 Å². The van der Waals surface area contributed by atoms with E-state index in [1.165, 1.54) is 11.1 Å². The van der Waals surface area contributed by atoms with E-state index in [1.807, 2.05) is 6.07 Å². The first-order valence-electron chi connectivity index (χ1n) is 6.96. The average molecular weight is 284 g/mol. The summed E-state index contributed by atoms with van der Waals surface area (Å²) < 4.78 is 11.6. The largest absolute Gasteiger partial charge is 0.489 e. The zero-order chi connectivity index (χ0) is 13.8. The summed E-state index contributed by atoms with van der Waals surface area (Å²) in [5, 5.41) is 0.647. The molecule has 0 aromatic heterocycles. The highest BCUT2D eigenvalue weighted by atomic mass is 35.5. The maximum atomic E-state index is 6.34. The summed E-state index contributed by atoms with van der Waals surface area (Å²) in [7, 11) is 0. The van der Waals surface area contributed by atoms with Gasteiger partial charge in [0.05, 0.1) is 18.2 Å². The van der Waals surface area contributed by atoms with E-state index in [2.05, 4.69) is 13.8 Å². The van der Waals surface area contributed by atoms with Crippen molar-refractivity contribution in [3.8, 4) is 11.5 Å². The fourth-order valence-corrected chi connectivity index (χ4v) is 2.76. The Morgan fingerprint density at radius 3 is 2.58 bits per heavy atom. The molecule has 0 saturated carbocycles. The zero-order valence-electron chi connectivity index (χ0n) is 11.7. The van der Waals surface area contributed by atoms with Crippen molar-refractivity contribution in [3.05, 3.63) is 22.2 Å². The molecule has 19 heavy (non-hydrogen) atoms. The third-order valence-electron chi connectivity index (χ3n) is 3.32. The van der Waals surface area contributed by atoms with Gasteiger partial charge in [0, 0.05) is 12.0 Å².